The molecule has 1 aromatic rings. The zero-order chi connectivity index (χ0) is 15.5. The lowest BCUT2D eigenvalue weighted by Gasteiger charge is -2.21. The highest BCUT2D eigenvalue weighted by Gasteiger charge is 2.08. The molecule has 116 valence electrons. The van der Waals surface area contributed by atoms with Gasteiger partial charge in [0.2, 0.25) is 0 Å². The maximum atomic E-state index is 13.6. The van der Waals surface area contributed by atoms with Gasteiger partial charge in [0.25, 0.3) is 0 Å². The van der Waals surface area contributed by atoms with E-state index in [0.29, 0.717) is 25.3 Å². The van der Waals surface area contributed by atoms with Gasteiger partial charge in [-0.25, -0.2) is 4.39 Å². The molecule has 1 rings (SSSR count). The Morgan fingerprint density at radius 1 is 1.19 bits per heavy atom. The minimum atomic E-state index is -0.319. The molecule has 0 aliphatic carbocycles. The molecule has 0 amide bonds. The lowest BCUT2D eigenvalue weighted by atomic mass is 10.1. The standard InChI is InChI=1S/C16H23FN2O2/c1-20-10-8-19(9-11-21-2)13-14-5-6-16(17)15(12-14)4-3-7-18/h5-6,12H,7-11,13,18H2,1-2H3. The first-order chi connectivity index (χ1) is 10.2. The molecule has 2 N–H and O–H groups in total. The van der Waals surface area contributed by atoms with Crippen molar-refractivity contribution in [3.8, 4) is 11.8 Å². The Labute approximate surface area is 126 Å². The van der Waals surface area contributed by atoms with Crippen molar-refractivity contribution in [2.45, 2.75) is 6.54 Å². The third-order valence-electron chi connectivity index (χ3n) is 2.99. The van der Waals surface area contributed by atoms with Crippen LogP contribution in [0.5, 0.6) is 0 Å². The van der Waals surface area contributed by atoms with Gasteiger partial charge in [-0.3, -0.25) is 4.90 Å². The molecule has 0 heterocycles. The summed E-state index contributed by atoms with van der Waals surface area (Å²) in [6.07, 6.45) is 0. The third-order valence-corrected chi connectivity index (χ3v) is 2.99. The zero-order valence-corrected chi connectivity index (χ0v) is 12.7. The number of nitrogens with zero attached hydrogens (tertiary/aromatic N) is 1. The Morgan fingerprint density at radius 2 is 1.86 bits per heavy atom. The van der Waals surface area contributed by atoms with Crippen molar-refractivity contribution in [1.82, 2.24) is 4.90 Å². The van der Waals surface area contributed by atoms with E-state index in [1.807, 2.05) is 0 Å². The lowest BCUT2D eigenvalue weighted by Crippen LogP contribution is -2.30. The van der Waals surface area contributed by atoms with Crippen LogP contribution in [0.2, 0.25) is 0 Å². The van der Waals surface area contributed by atoms with Crippen molar-refractivity contribution in [3.63, 3.8) is 0 Å². The molecule has 21 heavy (non-hydrogen) atoms. The topological polar surface area (TPSA) is 47.7 Å². The van der Waals surface area contributed by atoms with E-state index in [9.17, 15) is 4.39 Å². The van der Waals surface area contributed by atoms with Gasteiger partial charge in [-0.15, -0.1) is 0 Å². The summed E-state index contributed by atoms with van der Waals surface area (Å²) in [7, 11) is 3.35. The van der Waals surface area contributed by atoms with Crippen LogP contribution in [0.15, 0.2) is 18.2 Å². The Morgan fingerprint density at radius 3 is 2.43 bits per heavy atom. The number of nitrogens with two attached hydrogens (primary N) is 1. The summed E-state index contributed by atoms with van der Waals surface area (Å²) in [6.45, 7) is 3.79. The molecule has 0 aliphatic rings. The fourth-order valence-corrected chi connectivity index (χ4v) is 1.88. The molecule has 0 aromatic heterocycles. The van der Waals surface area contributed by atoms with Crippen LogP contribution in [0, 0.1) is 17.7 Å². The van der Waals surface area contributed by atoms with Crippen molar-refractivity contribution in [1.29, 1.82) is 0 Å². The van der Waals surface area contributed by atoms with Crippen molar-refractivity contribution in [2.75, 3.05) is 47.1 Å². The summed E-state index contributed by atoms with van der Waals surface area (Å²) >= 11 is 0. The maximum Gasteiger partial charge on any atom is 0.138 e. The number of ether oxygens (including phenoxy) is 2. The van der Waals surface area contributed by atoms with Gasteiger partial charge in [0.15, 0.2) is 0 Å². The van der Waals surface area contributed by atoms with Crippen LogP contribution in [0.25, 0.3) is 0 Å². The van der Waals surface area contributed by atoms with E-state index >= 15 is 0 Å². The van der Waals surface area contributed by atoms with E-state index in [2.05, 4.69) is 16.7 Å². The molecule has 5 heteroatoms. The molecule has 0 aliphatic heterocycles. The molecular formula is C16H23FN2O2. The first kappa shape index (κ1) is 17.6. The van der Waals surface area contributed by atoms with Gasteiger partial charge in [-0.05, 0) is 17.7 Å². The fourth-order valence-electron chi connectivity index (χ4n) is 1.88. The first-order valence-electron chi connectivity index (χ1n) is 6.88. The zero-order valence-electron chi connectivity index (χ0n) is 12.7. The molecule has 0 spiro atoms. The Kier molecular flexibility index (Phi) is 8.63. The SMILES string of the molecule is COCCN(CCOC)Cc1ccc(F)c(C#CCN)c1. The van der Waals surface area contributed by atoms with E-state index in [0.717, 1.165) is 18.7 Å². The highest BCUT2D eigenvalue weighted by molar-refractivity contribution is 5.38. The van der Waals surface area contributed by atoms with Crippen LogP contribution in [-0.2, 0) is 16.0 Å². The van der Waals surface area contributed by atoms with E-state index in [-0.39, 0.29) is 12.4 Å². The maximum absolute atomic E-state index is 13.6. The predicted molar refractivity (Wildman–Crippen MR) is 81.4 cm³/mol. The second kappa shape index (κ2) is 10.3. The number of methoxy groups -OCH3 is 2. The lowest BCUT2D eigenvalue weighted by molar-refractivity contribution is 0.110. The quantitative estimate of drug-likeness (QED) is 0.733. The van der Waals surface area contributed by atoms with E-state index in [1.165, 1.54) is 6.07 Å². The van der Waals surface area contributed by atoms with Crippen LogP contribution in [0.4, 0.5) is 4.39 Å². The predicted octanol–water partition coefficient (Wildman–Crippen LogP) is 1.23. The highest BCUT2D eigenvalue weighted by atomic mass is 19.1. The van der Waals surface area contributed by atoms with E-state index < -0.39 is 0 Å². The first-order valence-corrected chi connectivity index (χ1v) is 6.88. The number of hydrogen-bond donors (Lipinski definition) is 1. The average Bonchev–Trinajstić information content (AvgIpc) is 2.50. The Bertz CT molecular complexity index is 475. The summed E-state index contributed by atoms with van der Waals surface area (Å²) in [5.74, 6) is 5.11. The van der Waals surface area contributed by atoms with E-state index in [1.54, 1.807) is 26.4 Å². The van der Waals surface area contributed by atoms with Crippen molar-refractivity contribution >= 4 is 0 Å². The molecule has 1 aromatic carbocycles. The Hall–Kier alpha value is -1.45. The van der Waals surface area contributed by atoms with Gasteiger partial charge in [-0.2, -0.15) is 0 Å². The molecule has 0 bridgehead atoms. The molecule has 0 saturated heterocycles. The highest BCUT2D eigenvalue weighted by Crippen LogP contribution is 2.12. The monoisotopic (exact) mass is 294 g/mol. The fraction of sp³-hybridized carbons (Fsp3) is 0.500. The van der Waals surface area contributed by atoms with Crippen LogP contribution < -0.4 is 5.73 Å². The second-order valence-electron chi connectivity index (χ2n) is 4.58. The largest absolute Gasteiger partial charge is 0.383 e. The van der Waals surface area contributed by atoms with Crippen LogP contribution in [0.1, 0.15) is 11.1 Å². The van der Waals surface area contributed by atoms with Crippen molar-refractivity contribution < 1.29 is 13.9 Å². The Balaban J connectivity index is 2.77. The molecule has 0 unspecified atom stereocenters. The average molecular weight is 294 g/mol. The number of halogens is 1. The van der Waals surface area contributed by atoms with Crippen LogP contribution >= 0.6 is 0 Å². The van der Waals surface area contributed by atoms with Crippen molar-refractivity contribution in [3.05, 3.63) is 35.1 Å². The second-order valence-corrected chi connectivity index (χ2v) is 4.58. The number of hydrogen-bond acceptors (Lipinski definition) is 4. The smallest absolute Gasteiger partial charge is 0.138 e. The van der Waals surface area contributed by atoms with Gasteiger partial charge < -0.3 is 15.2 Å². The van der Waals surface area contributed by atoms with E-state index in [4.69, 9.17) is 15.2 Å². The number of rotatable bonds is 8. The van der Waals surface area contributed by atoms with Gasteiger partial charge in [0.05, 0.1) is 25.3 Å². The summed E-state index contributed by atoms with van der Waals surface area (Å²) in [5, 5.41) is 0. The normalized spacial score (nSPS) is 10.5. The van der Waals surface area contributed by atoms with Crippen LogP contribution in [-0.4, -0.2) is 52.0 Å². The molecule has 0 radical (unpaired) electrons. The third kappa shape index (κ3) is 6.69. The summed E-state index contributed by atoms with van der Waals surface area (Å²) in [5.41, 5.74) is 6.71. The minimum absolute atomic E-state index is 0.220. The summed E-state index contributed by atoms with van der Waals surface area (Å²) in [4.78, 5) is 2.19. The minimum Gasteiger partial charge on any atom is -0.383 e. The molecule has 4 nitrogen and oxygen atoms in total. The molecule has 0 atom stereocenters. The van der Waals surface area contributed by atoms with Crippen LogP contribution in [0.3, 0.4) is 0 Å². The van der Waals surface area contributed by atoms with Gasteiger partial charge >= 0.3 is 0 Å². The van der Waals surface area contributed by atoms with Gasteiger partial charge in [0, 0.05) is 33.9 Å². The molecule has 0 saturated carbocycles. The van der Waals surface area contributed by atoms with Gasteiger partial charge in [-0.1, -0.05) is 17.9 Å². The van der Waals surface area contributed by atoms with Crippen molar-refractivity contribution in [2.24, 2.45) is 5.73 Å². The molecular weight excluding hydrogens is 271 g/mol. The van der Waals surface area contributed by atoms with Gasteiger partial charge in [0.1, 0.15) is 5.82 Å². The summed E-state index contributed by atoms with van der Waals surface area (Å²) < 4.78 is 23.9. The number of benzene rings is 1. The summed E-state index contributed by atoms with van der Waals surface area (Å²) in [6, 6.07) is 4.99. The molecule has 0 fully saturated rings.